The molecule has 0 radical (unpaired) electrons. The van der Waals surface area contributed by atoms with Gasteiger partial charge in [-0.1, -0.05) is 0 Å². The van der Waals surface area contributed by atoms with Gasteiger partial charge in [-0.2, -0.15) is 10.1 Å². The van der Waals surface area contributed by atoms with Crippen LogP contribution in [-0.2, 0) is 7.05 Å². The second-order valence-corrected chi connectivity index (χ2v) is 3.92. The molecule has 0 aliphatic carbocycles. The first-order valence-electron chi connectivity index (χ1n) is 4.44. The van der Waals surface area contributed by atoms with Gasteiger partial charge in [-0.05, 0) is 15.9 Å². The van der Waals surface area contributed by atoms with Crippen molar-refractivity contribution in [2.24, 2.45) is 12.9 Å². The Labute approximate surface area is 100 Å². The van der Waals surface area contributed by atoms with Crippen molar-refractivity contribution in [3.63, 3.8) is 0 Å². The fraction of sp³-hybridized carbons (Fsp3) is 0.125. The van der Waals surface area contributed by atoms with Crippen LogP contribution in [0.15, 0.2) is 23.1 Å². The van der Waals surface area contributed by atoms with E-state index in [4.69, 9.17) is 5.84 Å². The van der Waals surface area contributed by atoms with E-state index in [0.29, 0.717) is 11.8 Å². The molecule has 84 valence electrons. The first-order valence-corrected chi connectivity index (χ1v) is 5.23. The number of nitrogens with zero attached hydrogens (tertiary/aromatic N) is 4. The van der Waals surface area contributed by atoms with Crippen LogP contribution in [0.5, 0.6) is 0 Å². The van der Waals surface area contributed by atoms with Gasteiger partial charge in [0.1, 0.15) is 0 Å². The number of nitrogen functional groups attached to an aromatic ring is 1. The second-order valence-electron chi connectivity index (χ2n) is 3.06. The number of nitrogens with one attached hydrogen (secondary N) is 2. The highest BCUT2D eigenvalue weighted by molar-refractivity contribution is 9.10. The van der Waals surface area contributed by atoms with Gasteiger partial charge in [-0.25, -0.2) is 10.8 Å². The van der Waals surface area contributed by atoms with Crippen molar-refractivity contribution in [3.8, 4) is 0 Å². The minimum Gasteiger partial charge on any atom is -0.337 e. The maximum absolute atomic E-state index is 5.23. The van der Waals surface area contributed by atoms with E-state index in [0.717, 1.165) is 10.2 Å². The number of aryl methyl sites for hydroxylation is 1. The van der Waals surface area contributed by atoms with Crippen LogP contribution in [0.1, 0.15) is 0 Å². The van der Waals surface area contributed by atoms with Gasteiger partial charge in [0, 0.05) is 19.4 Å². The zero-order chi connectivity index (χ0) is 11.5. The quantitative estimate of drug-likeness (QED) is 0.575. The molecule has 0 unspecified atom stereocenters. The third-order valence-electron chi connectivity index (χ3n) is 1.84. The van der Waals surface area contributed by atoms with Gasteiger partial charge in [0.2, 0.25) is 5.95 Å². The number of hydrogen-bond acceptors (Lipinski definition) is 6. The van der Waals surface area contributed by atoms with Crippen molar-refractivity contribution in [2.45, 2.75) is 0 Å². The van der Waals surface area contributed by atoms with E-state index >= 15 is 0 Å². The Hall–Kier alpha value is -1.67. The molecule has 0 spiro atoms. The maximum atomic E-state index is 5.23. The van der Waals surface area contributed by atoms with Gasteiger partial charge in [0.05, 0.1) is 16.4 Å². The van der Waals surface area contributed by atoms with Crippen molar-refractivity contribution in [2.75, 3.05) is 10.7 Å². The standard InChI is InChI=1S/C8H10BrN7/c1-16-4-5(2-12-16)13-7-6(9)3-11-8(14-7)15-10/h2-4H,10H2,1H3,(H2,11,13,14,15). The highest BCUT2D eigenvalue weighted by Crippen LogP contribution is 2.23. The predicted molar refractivity (Wildman–Crippen MR) is 64.0 cm³/mol. The van der Waals surface area contributed by atoms with Crippen molar-refractivity contribution < 1.29 is 0 Å². The van der Waals surface area contributed by atoms with E-state index in [9.17, 15) is 0 Å². The smallest absolute Gasteiger partial charge is 0.239 e. The molecule has 0 bridgehead atoms. The Kier molecular flexibility index (Phi) is 3.02. The van der Waals surface area contributed by atoms with Crippen molar-refractivity contribution in [1.82, 2.24) is 19.7 Å². The molecule has 16 heavy (non-hydrogen) atoms. The van der Waals surface area contributed by atoms with Crippen LogP contribution in [0.25, 0.3) is 0 Å². The molecule has 2 heterocycles. The Balaban J connectivity index is 2.26. The Morgan fingerprint density at radius 3 is 2.88 bits per heavy atom. The molecule has 0 amide bonds. The van der Waals surface area contributed by atoms with E-state index < -0.39 is 0 Å². The average molecular weight is 284 g/mol. The van der Waals surface area contributed by atoms with Gasteiger partial charge >= 0.3 is 0 Å². The van der Waals surface area contributed by atoms with Gasteiger partial charge < -0.3 is 5.32 Å². The van der Waals surface area contributed by atoms with Crippen LogP contribution in [-0.4, -0.2) is 19.7 Å². The van der Waals surface area contributed by atoms with E-state index in [1.807, 2.05) is 13.2 Å². The van der Waals surface area contributed by atoms with Crippen LogP contribution in [0, 0.1) is 0 Å². The molecule has 7 nitrogen and oxygen atoms in total. The summed E-state index contributed by atoms with van der Waals surface area (Å²) in [5.74, 6) is 6.20. The van der Waals surface area contributed by atoms with Crippen LogP contribution < -0.4 is 16.6 Å². The number of anilines is 3. The normalized spacial score (nSPS) is 10.2. The number of nitrogens with two attached hydrogens (primary N) is 1. The van der Waals surface area contributed by atoms with E-state index in [1.165, 1.54) is 0 Å². The monoisotopic (exact) mass is 283 g/mol. The molecular formula is C8H10BrN7. The maximum Gasteiger partial charge on any atom is 0.239 e. The Morgan fingerprint density at radius 1 is 1.44 bits per heavy atom. The molecule has 2 rings (SSSR count). The highest BCUT2D eigenvalue weighted by Gasteiger charge is 2.05. The molecule has 0 aliphatic rings. The zero-order valence-corrected chi connectivity index (χ0v) is 10.1. The molecule has 0 atom stereocenters. The molecule has 0 aliphatic heterocycles. The number of halogens is 1. The lowest BCUT2D eigenvalue weighted by Gasteiger charge is -2.06. The van der Waals surface area contributed by atoms with E-state index in [1.54, 1.807) is 17.1 Å². The number of rotatable bonds is 3. The van der Waals surface area contributed by atoms with Gasteiger partial charge in [-0.15, -0.1) is 0 Å². The molecular weight excluding hydrogens is 274 g/mol. The SMILES string of the molecule is Cn1cc(Nc2nc(NN)ncc2Br)cn1. The van der Waals surface area contributed by atoms with E-state index in [-0.39, 0.29) is 0 Å². The summed E-state index contributed by atoms with van der Waals surface area (Å²) >= 11 is 3.34. The molecule has 0 saturated heterocycles. The zero-order valence-electron chi connectivity index (χ0n) is 8.48. The van der Waals surface area contributed by atoms with Crippen molar-refractivity contribution in [1.29, 1.82) is 0 Å². The first kappa shape index (κ1) is 10.8. The third kappa shape index (κ3) is 2.28. The summed E-state index contributed by atoms with van der Waals surface area (Å²) in [6.07, 6.45) is 5.15. The Morgan fingerprint density at radius 2 is 2.25 bits per heavy atom. The fourth-order valence-corrected chi connectivity index (χ4v) is 1.44. The molecule has 4 N–H and O–H groups in total. The summed E-state index contributed by atoms with van der Waals surface area (Å²) < 4.78 is 2.44. The van der Waals surface area contributed by atoms with Gasteiger partial charge in [0.25, 0.3) is 0 Å². The summed E-state index contributed by atoms with van der Waals surface area (Å²) in [7, 11) is 1.84. The summed E-state index contributed by atoms with van der Waals surface area (Å²) in [4.78, 5) is 8.10. The molecule has 2 aromatic rings. The van der Waals surface area contributed by atoms with Crippen molar-refractivity contribution >= 4 is 33.4 Å². The van der Waals surface area contributed by atoms with Gasteiger partial charge in [0.15, 0.2) is 5.82 Å². The topological polar surface area (TPSA) is 93.7 Å². The molecule has 0 aromatic carbocycles. The summed E-state index contributed by atoms with van der Waals surface area (Å²) in [5.41, 5.74) is 3.22. The van der Waals surface area contributed by atoms with Gasteiger partial charge in [-0.3, -0.25) is 10.1 Å². The number of hydrogen-bond donors (Lipinski definition) is 3. The molecule has 2 aromatic heterocycles. The Bertz CT molecular complexity index is 495. The lowest BCUT2D eigenvalue weighted by atomic mass is 10.5. The van der Waals surface area contributed by atoms with E-state index in [2.05, 4.69) is 41.7 Å². The summed E-state index contributed by atoms with van der Waals surface area (Å²) in [6, 6.07) is 0. The van der Waals surface area contributed by atoms with Crippen LogP contribution >= 0.6 is 15.9 Å². The number of aromatic nitrogens is 4. The largest absolute Gasteiger partial charge is 0.337 e. The fourth-order valence-electron chi connectivity index (χ4n) is 1.15. The molecule has 0 saturated carbocycles. The lowest BCUT2D eigenvalue weighted by Crippen LogP contribution is -2.11. The highest BCUT2D eigenvalue weighted by atomic mass is 79.9. The number of hydrazine groups is 1. The predicted octanol–water partition coefficient (Wildman–Crippen LogP) is 1.00. The first-order chi connectivity index (χ1) is 7.69. The second kappa shape index (κ2) is 4.45. The average Bonchev–Trinajstić information content (AvgIpc) is 2.67. The third-order valence-corrected chi connectivity index (χ3v) is 2.42. The van der Waals surface area contributed by atoms with Crippen LogP contribution in [0.3, 0.4) is 0 Å². The molecule has 0 fully saturated rings. The molecule has 8 heteroatoms. The summed E-state index contributed by atoms with van der Waals surface area (Å²) in [6.45, 7) is 0. The minimum absolute atomic E-state index is 0.342. The minimum atomic E-state index is 0.342. The van der Waals surface area contributed by atoms with Crippen LogP contribution in [0.4, 0.5) is 17.5 Å². The van der Waals surface area contributed by atoms with Crippen molar-refractivity contribution in [3.05, 3.63) is 23.1 Å². The summed E-state index contributed by atoms with van der Waals surface area (Å²) in [5, 5.41) is 7.13. The lowest BCUT2D eigenvalue weighted by molar-refractivity contribution is 0.768. The van der Waals surface area contributed by atoms with Crippen LogP contribution in [0.2, 0.25) is 0 Å².